The van der Waals surface area contributed by atoms with Gasteiger partial charge in [-0.2, -0.15) is 0 Å². The average molecular weight is 241 g/mol. The zero-order valence-corrected chi connectivity index (χ0v) is 10.9. The van der Waals surface area contributed by atoms with Crippen LogP contribution in [0.15, 0.2) is 48.8 Å². The topological polar surface area (TPSA) is 42.1 Å². The molecule has 2 aromatic rings. The first-order valence-electron chi connectivity index (χ1n) is 6.06. The summed E-state index contributed by atoms with van der Waals surface area (Å²) in [6.07, 6.45) is 3.55. The minimum absolute atomic E-state index is 0.0820. The molecule has 1 aromatic carbocycles. The number of pyridine rings is 1. The summed E-state index contributed by atoms with van der Waals surface area (Å²) >= 11 is 0. The minimum atomic E-state index is -0.0820. The van der Waals surface area contributed by atoms with Gasteiger partial charge in [-0.15, -0.1) is 0 Å². The first-order valence-corrected chi connectivity index (χ1v) is 6.06. The van der Waals surface area contributed by atoms with Crippen LogP contribution in [-0.4, -0.2) is 24.0 Å². The summed E-state index contributed by atoms with van der Waals surface area (Å²) in [6.45, 7) is 0.949. The van der Waals surface area contributed by atoms with E-state index in [1.807, 2.05) is 12.1 Å². The van der Waals surface area contributed by atoms with Crippen LogP contribution in [0.25, 0.3) is 0 Å². The van der Waals surface area contributed by atoms with Crippen LogP contribution in [0.2, 0.25) is 0 Å². The van der Waals surface area contributed by atoms with Crippen molar-refractivity contribution in [2.24, 2.45) is 5.73 Å². The molecule has 0 spiro atoms. The molecule has 2 N–H and O–H groups in total. The molecular formula is C15H19N3. The van der Waals surface area contributed by atoms with Crippen LogP contribution in [-0.2, 0) is 6.54 Å². The number of rotatable bonds is 4. The largest absolute Gasteiger partial charge is 0.320 e. The quantitative estimate of drug-likeness (QED) is 0.892. The predicted octanol–water partition coefficient (Wildman–Crippen LogP) is 2.19. The van der Waals surface area contributed by atoms with E-state index in [1.165, 1.54) is 5.56 Å². The number of hydrogen-bond donors (Lipinski definition) is 1. The van der Waals surface area contributed by atoms with Gasteiger partial charge in [-0.25, -0.2) is 0 Å². The Hall–Kier alpha value is -1.71. The molecule has 1 unspecified atom stereocenters. The average Bonchev–Trinajstić information content (AvgIpc) is 2.39. The molecular weight excluding hydrogens is 222 g/mol. The SMILES string of the molecule is CN(C)Cc1ccc(C(N)c2ccncc2)cc1. The fourth-order valence-corrected chi connectivity index (χ4v) is 1.96. The molecule has 1 aromatic heterocycles. The Morgan fingerprint density at radius 1 is 1.00 bits per heavy atom. The maximum absolute atomic E-state index is 6.23. The highest BCUT2D eigenvalue weighted by Gasteiger charge is 2.08. The van der Waals surface area contributed by atoms with Crippen molar-refractivity contribution in [2.75, 3.05) is 14.1 Å². The molecule has 0 aliphatic rings. The normalized spacial score (nSPS) is 12.7. The van der Waals surface area contributed by atoms with Crippen LogP contribution >= 0.6 is 0 Å². The summed E-state index contributed by atoms with van der Waals surface area (Å²) in [6, 6.07) is 12.3. The van der Waals surface area contributed by atoms with Gasteiger partial charge in [-0.05, 0) is 42.9 Å². The van der Waals surface area contributed by atoms with Gasteiger partial charge in [0.1, 0.15) is 0 Å². The Labute approximate surface area is 108 Å². The molecule has 0 bridgehead atoms. The van der Waals surface area contributed by atoms with Crippen molar-refractivity contribution in [3.05, 3.63) is 65.5 Å². The van der Waals surface area contributed by atoms with Gasteiger partial charge in [0.25, 0.3) is 0 Å². The van der Waals surface area contributed by atoms with E-state index in [2.05, 4.69) is 48.2 Å². The fourth-order valence-electron chi connectivity index (χ4n) is 1.96. The highest BCUT2D eigenvalue weighted by atomic mass is 15.0. The lowest BCUT2D eigenvalue weighted by Gasteiger charge is -2.14. The Kier molecular flexibility index (Phi) is 4.07. The monoisotopic (exact) mass is 241 g/mol. The second-order valence-corrected chi connectivity index (χ2v) is 4.74. The van der Waals surface area contributed by atoms with E-state index in [1.54, 1.807) is 12.4 Å². The molecule has 2 rings (SSSR count). The first-order chi connectivity index (χ1) is 8.66. The van der Waals surface area contributed by atoms with Crippen molar-refractivity contribution in [2.45, 2.75) is 12.6 Å². The zero-order chi connectivity index (χ0) is 13.0. The van der Waals surface area contributed by atoms with Gasteiger partial charge in [-0.1, -0.05) is 24.3 Å². The molecule has 0 saturated carbocycles. The molecule has 0 radical (unpaired) electrons. The maximum Gasteiger partial charge on any atom is 0.0552 e. The van der Waals surface area contributed by atoms with Crippen molar-refractivity contribution in [3.8, 4) is 0 Å². The third-order valence-electron chi connectivity index (χ3n) is 2.90. The molecule has 0 aliphatic carbocycles. The van der Waals surface area contributed by atoms with Crippen LogP contribution in [0.3, 0.4) is 0 Å². The second kappa shape index (κ2) is 5.76. The predicted molar refractivity (Wildman–Crippen MR) is 74.1 cm³/mol. The summed E-state index contributed by atoms with van der Waals surface area (Å²) in [5.41, 5.74) is 9.74. The minimum Gasteiger partial charge on any atom is -0.320 e. The third-order valence-corrected chi connectivity index (χ3v) is 2.90. The van der Waals surface area contributed by atoms with Crippen LogP contribution < -0.4 is 5.73 Å². The van der Waals surface area contributed by atoms with Gasteiger partial charge < -0.3 is 10.6 Å². The molecule has 1 heterocycles. The van der Waals surface area contributed by atoms with Crippen LogP contribution in [0.5, 0.6) is 0 Å². The Balaban J connectivity index is 2.14. The fraction of sp³-hybridized carbons (Fsp3) is 0.267. The van der Waals surface area contributed by atoms with E-state index in [9.17, 15) is 0 Å². The standard InChI is InChI=1S/C15H19N3/c1-18(2)11-12-3-5-13(6-4-12)15(16)14-7-9-17-10-8-14/h3-10,15H,11,16H2,1-2H3. The Bertz CT molecular complexity index is 477. The van der Waals surface area contributed by atoms with Gasteiger partial charge in [0, 0.05) is 18.9 Å². The van der Waals surface area contributed by atoms with E-state index in [0.717, 1.165) is 17.7 Å². The van der Waals surface area contributed by atoms with Crippen molar-refractivity contribution in [3.63, 3.8) is 0 Å². The van der Waals surface area contributed by atoms with Crippen LogP contribution in [0.4, 0.5) is 0 Å². The summed E-state index contributed by atoms with van der Waals surface area (Å²) in [5, 5.41) is 0. The number of aromatic nitrogens is 1. The maximum atomic E-state index is 6.23. The number of nitrogens with zero attached hydrogens (tertiary/aromatic N) is 2. The van der Waals surface area contributed by atoms with Crippen molar-refractivity contribution >= 4 is 0 Å². The summed E-state index contributed by atoms with van der Waals surface area (Å²) in [5.74, 6) is 0. The second-order valence-electron chi connectivity index (χ2n) is 4.74. The zero-order valence-electron chi connectivity index (χ0n) is 10.9. The summed E-state index contributed by atoms with van der Waals surface area (Å²) < 4.78 is 0. The van der Waals surface area contributed by atoms with Gasteiger partial charge >= 0.3 is 0 Å². The Morgan fingerprint density at radius 3 is 2.11 bits per heavy atom. The highest BCUT2D eigenvalue weighted by Crippen LogP contribution is 2.19. The number of hydrogen-bond acceptors (Lipinski definition) is 3. The molecule has 0 aliphatic heterocycles. The first kappa shape index (κ1) is 12.7. The third kappa shape index (κ3) is 3.15. The summed E-state index contributed by atoms with van der Waals surface area (Å²) in [7, 11) is 4.13. The lowest BCUT2D eigenvalue weighted by molar-refractivity contribution is 0.402. The van der Waals surface area contributed by atoms with E-state index in [0.29, 0.717) is 0 Å². The molecule has 0 fully saturated rings. The van der Waals surface area contributed by atoms with E-state index >= 15 is 0 Å². The summed E-state index contributed by atoms with van der Waals surface area (Å²) in [4.78, 5) is 6.16. The smallest absolute Gasteiger partial charge is 0.0552 e. The van der Waals surface area contributed by atoms with Gasteiger partial charge in [-0.3, -0.25) is 4.98 Å². The molecule has 0 saturated heterocycles. The van der Waals surface area contributed by atoms with Gasteiger partial charge in [0.15, 0.2) is 0 Å². The number of nitrogens with two attached hydrogens (primary N) is 1. The van der Waals surface area contributed by atoms with E-state index in [-0.39, 0.29) is 6.04 Å². The Morgan fingerprint density at radius 2 is 1.56 bits per heavy atom. The van der Waals surface area contributed by atoms with Crippen molar-refractivity contribution in [1.82, 2.24) is 9.88 Å². The molecule has 0 amide bonds. The van der Waals surface area contributed by atoms with Gasteiger partial charge in [0.2, 0.25) is 0 Å². The van der Waals surface area contributed by atoms with Crippen molar-refractivity contribution < 1.29 is 0 Å². The van der Waals surface area contributed by atoms with E-state index in [4.69, 9.17) is 5.73 Å². The number of benzene rings is 1. The lowest BCUT2D eigenvalue weighted by atomic mass is 9.99. The van der Waals surface area contributed by atoms with Gasteiger partial charge in [0.05, 0.1) is 6.04 Å². The molecule has 3 heteroatoms. The molecule has 94 valence electrons. The van der Waals surface area contributed by atoms with E-state index < -0.39 is 0 Å². The van der Waals surface area contributed by atoms with Crippen molar-refractivity contribution in [1.29, 1.82) is 0 Å². The highest BCUT2D eigenvalue weighted by molar-refractivity contribution is 5.32. The van der Waals surface area contributed by atoms with Crippen LogP contribution in [0, 0.1) is 0 Å². The molecule has 3 nitrogen and oxygen atoms in total. The molecule has 1 atom stereocenters. The lowest BCUT2D eigenvalue weighted by Crippen LogP contribution is -2.13. The van der Waals surface area contributed by atoms with Crippen LogP contribution in [0.1, 0.15) is 22.7 Å². The molecule has 18 heavy (non-hydrogen) atoms.